The molecule has 1 aromatic rings. The first-order valence-corrected chi connectivity index (χ1v) is 6.82. The van der Waals surface area contributed by atoms with Crippen molar-refractivity contribution in [2.45, 2.75) is 20.5 Å². The van der Waals surface area contributed by atoms with Gasteiger partial charge in [-0.1, -0.05) is 26.0 Å². The van der Waals surface area contributed by atoms with Gasteiger partial charge in [0.05, 0.1) is 19.8 Å². The van der Waals surface area contributed by atoms with Crippen LogP contribution in [0.4, 0.5) is 10.5 Å². The summed E-state index contributed by atoms with van der Waals surface area (Å²) in [7, 11) is 1.64. The lowest BCUT2D eigenvalue weighted by molar-refractivity contribution is 0.0617. The molecule has 0 unspecified atom stereocenters. The van der Waals surface area contributed by atoms with Crippen LogP contribution in [0.25, 0.3) is 0 Å². The summed E-state index contributed by atoms with van der Waals surface area (Å²) < 4.78 is 10.4. The van der Waals surface area contributed by atoms with Crippen LogP contribution < -0.4 is 10.6 Å². The standard InChI is InChI=1S/C15H24N2O3/c1-12(2)10-16-15(18)17-14-6-4-5-13(9-14)11-20-8-7-19-3/h4-6,9,12H,7-8,10-11H2,1-3H3,(H2,16,17,18). The third-order valence-electron chi connectivity index (χ3n) is 2.56. The van der Waals surface area contributed by atoms with Crippen molar-refractivity contribution in [2.24, 2.45) is 5.92 Å². The summed E-state index contributed by atoms with van der Waals surface area (Å²) in [5, 5.41) is 5.62. The Morgan fingerprint density at radius 1 is 1.30 bits per heavy atom. The molecule has 0 fully saturated rings. The number of amides is 2. The van der Waals surface area contributed by atoms with Gasteiger partial charge in [0.15, 0.2) is 0 Å². The fourth-order valence-electron chi connectivity index (χ4n) is 1.54. The number of carbonyl (C=O) groups excluding carboxylic acids is 1. The zero-order valence-electron chi connectivity index (χ0n) is 12.4. The van der Waals surface area contributed by atoms with E-state index in [0.29, 0.717) is 32.3 Å². The van der Waals surface area contributed by atoms with Crippen LogP contribution in [-0.4, -0.2) is 32.9 Å². The number of hydrogen-bond acceptors (Lipinski definition) is 3. The first kappa shape index (κ1) is 16.5. The quantitative estimate of drug-likeness (QED) is 0.720. The Labute approximate surface area is 120 Å². The second kappa shape index (κ2) is 9.34. The molecule has 2 N–H and O–H groups in total. The van der Waals surface area contributed by atoms with E-state index < -0.39 is 0 Å². The molecule has 0 aliphatic rings. The van der Waals surface area contributed by atoms with Crippen molar-refractivity contribution in [1.82, 2.24) is 5.32 Å². The highest BCUT2D eigenvalue weighted by atomic mass is 16.5. The van der Waals surface area contributed by atoms with Gasteiger partial charge in [-0.05, 0) is 23.6 Å². The molecule has 2 amide bonds. The maximum Gasteiger partial charge on any atom is 0.319 e. The Morgan fingerprint density at radius 2 is 2.10 bits per heavy atom. The average Bonchev–Trinajstić information content (AvgIpc) is 2.42. The number of rotatable bonds is 8. The minimum absolute atomic E-state index is 0.184. The highest BCUT2D eigenvalue weighted by molar-refractivity contribution is 5.89. The molecule has 0 aliphatic heterocycles. The lowest BCUT2D eigenvalue weighted by Gasteiger charge is -2.10. The van der Waals surface area contributed by atoms with Gasteiger partial charge in [-0.3, -0.25) is 0 Å². The van der Waals surface area contributed by atoms with Crippen molar-refractivity contribution < 1.29 is 14.3 Å². The van der Waals surface area contributed by atoms with Crippen LogP contribution in [0.2, 0.25) is 0 Å². The zero-order chi connectivity index (χ0) is 14.8. The van der Waals surface area contributed by atoms with E-state index in [1.165, 1.54) is 0 Å². The number of nitrogens with one attached hydrogen (secondary N) is 2. The number of anilines is 1. The van der Waals surface area contributed by atoms with E-state index in [2.05, 4.69) is 24.5 Å². The van der Waals surface area contributed by atoms with E-state index in [4.69, 9.17) is 9.47 Å². The van der Waals surface area contributed by atoms with Gasteiger partial charge in [-0.2, -0.15) is 0 Å². The molecule has 5 heteroatoms. The first-order valence-electron chi connectivity index (χ1n) is 6.82. The Bertz CT molecular complexity index is 408. The molecule has 0 saturated carbocycles. The van der Waals surface area contributed by atoms with Crippen LogP contribution in [0.5, 0.6) is 0 Å². The molecule has 0 radical (unpaired) electrons. The topological polar surface area (TPSA) is 59.6 Å². The molecule has 0 spiro atoms. The van der Waals surface area contributed by atoms with E-state index in [0.717, 1.165) is 11.3 Å². The SMILES string of the molecule is COCCOCc1cccc(NC(=O)NCC(C)C)c1. The maximum absolute atomic E-state index is 11.7. The Balaban J connectivity index is 2.40. The highest BCUT2D eigenvalue weighted by Crippen LogP contribution is 2.11. The lowest BCUT2D eigenvalue weighted by atomic mass is 10.2. The van der Waals surface area contributed by atoms with Gasteiger partial charge < -0.3 is 20.1 Å². The van der Waals surface area contributed by atoms with Crippen molar-refractivity contribution in [1.29, 1.82) is 0 Å². The third-order valence-corrected chi connectivity index (χ3v) is 2.56. The summed E-state index contributed by atoms with van der Waals surface area (Å²) in [4.78, 5) is 11.7. The molecule has 112 valence electrons. The van der Waals surface area contributed by atoms with Gasteiger partial charge in [0.25, 0.3) is 0 Å². The van der Waals surface area contributed by atoms with Gasteiger partial charge >= 0.3 is 6.03 Å². The van der Waals surface area contributed by atoms with Crippen molar-refractivity contribution in [3.8, 4) is 0 Å². The Hall–Kier alpha value is -1.59. The van der Waals surface area contributed by atoms with E-state index in [1.807, 2.05) is 24.3 Å². The minimum atomic E-state index is -0.184. The number of methoxy groups -OCH3 is 1. The number of hydrogen-bond donors (Lipinski definition) is 2. The van der Waals surface area contributed by atoms with E-state index in [1.54, 1.807) is 7.11 Å². The number of carbonyl (C=O) groups is 1. The van der Waals surface area contributed by atoms with Gasteiger partial charge in [0.1, 0.15) is 0 Å². The van der Waals surface area contributed by atoms with Crippen LogP contribution in [0.3, 0.4) is 0 Å². The Morgan fingerprint density at radius 3 is 2.80 bits per heavy atom. The van der Waals surface area contributed by atoms with Gasteiger partial charge in [-0.15, -0.1) is 0 Å². The highest BCUT2D eigenvalue weighted by Gasteiger charge is 2.03. The average molecular weight is 280 g/mol. The summed E-state index contributed by atoms with van der Waals surface area (Å²) in [6, 6.07) is 7.43. The third kappa shape index (κ3) is 7.11. The number of ether oxygens (including phenoxy) is 2. The lowest BCUT2D eigenvalue weighted by Crippen LogP contribution is -2.31. The Kier molecular flexibility index (Phi) is 7.69. The van der Waals surface area contributed by atoms with Crippen LogP contribution >= 0.6 is 0 Å². The van der Waals surface area contributed by atoms with Crippen molar-refractivity contribution >= 4 is 11.7 Å². The van der Waals surface area contributed by atoms with E-state index in [-0.39, 0.29) is 6.03 Å². The molecule has 1 aromatic carbocycles. The van der Waals surface area contributed by atoms with Crippen molar-refractivity contribution in [3.05, 3.63) is 29.8 Å². The molecule has 0 saturated heterocycles. The van der Waals surface area contributed by atoms with E-state index in [9.17, 15) is 4.79 Å². The zero-order valence-corrected chi connectivity index (χ0v) is 12.4. The van der Waals surface area contributed by atoms with E-state index >= 15 is 0 Å². The summed E-state index contributed by atoms with van der Waals surface area (Å²) in [6.45, 7) is 6.41. The van der Waals surface area contributed by atoms with Gasteiger partial charge in [0, 0.05) is 19.3 Å². The summed E-state index contributed by atoms with van der Waals surface area (Å²) >= 11 is 0. The smallest absolute Gasteiger partial charge is 0.319 e. The van der Waals surface area contributed by atoms with Crippen molar-refractivity contribution in [2.75, 3.05) is 32.2 Å². The second-order valence-electron chi connectivity index (χ2n) is 4.97. The predicted molar refractivity (Wildman–Crippen MR) is 79.8 cm³/mol. The minimum Gasteiger partial charge on any atom is -0.382 e. The van der Waals surface area contributed by atoms with Gasteiger partial charge in [-0.25, -0.2) is 4.79 Å². The molecule has 1 rings (SSSR count). The van der Waals surface area contributed by atoms with Gasteiger partial charge in [0.2, 0.25) is 0 Å². The molecular weight excluding hydrogens is 256 g/mol. The molecule has 0 atom stereocenters. The summed E-state index contributed by atoms with van der Waals surface area (Å²) in [5.41, 5.74) is 1.78. The number of benzene rings is 1. The molecule has 0 aromatic heterocycles. The van der Waals surface area contributed by atoms with Crippen LogP contribution in [0.1, 0.15) is 19.4 Å². The largest absolute Gasteiger partial charge is 0.382 e. The monoisotopic (exact) mass is 280 g/mol. The molecular formula is C15H24N2O3. The summed E-state index contributed by atoms with van der Waals surface area (Å²) in [5.74, 6) is 0.432. The fourth-order valence-corrected chi connectivity index (χ4v) is 1.54. The van der Waals surface area contributed by atoms with Crippen LogP contribution in [-0.2, 0) is 16.1 Å². The predicted octanol–water partition coefficient (Wildman–Crippen LogP) is 2.63. The molecule has 0 heterocycles. The molecule has 5 nitrogen and oxygen atoms in total. The first-order chi connectivity index (χ1) is 9.61. The normalized spacial score (nSPS) is 10.6. The van der Waals surface area contributed by atoms with Crippen LogP contribution in [0, 0.1) is 5.92 Å². The number of urea groups is 1. The summed E-state index contributed by atoms with van der Waals surface area (Å²) in [6.07, 6.45) is 0. The molecule has 20 heavy (non-hydrogen) atoms. The fraction of sp³-hybridized carbons (Fsp3) is 0.533. The molecule has 0 aliphatic carbocycles. The van der Waals surface area contributed by atoms with Crippen molar-refractivity contribution in [3.63, 3.8) is 0 Å². The maximum atomic E-state index is 11.7. The van der Waals surface area contributed by atoms with Crippen LogP contribution in [0.15, 0.2) is 24.3 Å². The molecule has 0 bridgehead atoms. The second-order valence-corrected chi connectivity index (χ2v) is 4.97.